The summed E-state index contributed by atoms with van der Waals surface area (Å²) in [5, 5.41) is 14.9. The first-order valence-corrected chi connectivity index (χ1v) is 9.39. The summed E-state index contributed by atoms with van der Waals surface area (Å²) in [6, 6.07) is 10.2. The molecule has 4 heterocycles. The highest BCUT2D eigenvalue weighted by Gasteiger charge is 2.37. The van der Waals surface area contributed by atoms with E-state index >= 15 is 0 Å². The van der Waals surface area contributed by atoms with Crippen LogP contribution in [0.25, 0.3) is 27.7 Å². The van der Waals surface area contributed by atoms with Gasteiger partial charge in [0.1, 0.15) is 5.69 Å². The highest BCUT2D eigenvalue weighted by Crippen LogP contribution is 2.35. The molecule has 0 bridgehead atoms. The molecule has 0 aliphatic carbocycles. The number of nitrogens with zero attached hydrogens (tertiary/aromatic N) is 6. The number of aromatic nitrogens is 6. The van der Waals surface area contributed by atoms with E-state index in [4.69, 9.17) is 4.52 Å². The number of halogens is 3. The fraction of sp³-hybridized carbons (Fsp3) is 0.150. The van der Waals surface area contributed by atoms with Gasteiger partial charge in [0.05, 0.1) is 6.42 Å². The van der Waals surface area contributed by atoms with Crippen LogP contribution in [0.3, 0.4) is 0 Å². The lowest BCUT2D eigenvalue weighted by Crippen LogP contribution is -2.15. The Morgan fingerprint density at radius 3 is 2.75 bits per heavy atom. The molecule has 0 unspecified atom stereocenters. The summed E-state index contributed by atoms with van der Waals surface area (Å²) in [7, 11) is 1.42. The topological polar surface area (TPSA) is 103 Å². The standard InChI is InChI=1S/C20H14F3N7O2/c1-29-10-13(18(26-29)20(21,22)23)11-6-7-16-24-19(27-30(16)9-11)25-17(31)8-14-12-4-2-3-5-15(12)32-28-14/h2-7,9-10H,8H2,1H3,(H,25,27,31). The predicted octanol–water partition coefficient (Wildman–Crippen LogP) is 3.47. The minimum absolute atomic E-state index is 0.0159. The van der Waals surface area contributed by atoms with Crippen molar-refractivity contribution in [3.8, 4) is 11.1 Å². The molecule has 1 N–H and O–H groups in total. The summed E-state index contributed by atoms with van der Waals surface area (Å²) in [6.07, 6.45) is -1.97. The zero-order valence-corrected chi connectivity index (χ0v) is 16.5. The quantitative estimate of drug-likeness (QED) is 0.458. The number of hydrogen-bond donors (Lipinski definition) is 1. The van der Waals surface area contributed by atoms with Gasteiger partial charge in [0.2, 0.25) is 11.9 Å². The third kappa shape index (κ3) is 3.55. The van der Waals surface area contributed by atoms with Gasteiger partial charge in [-0.05, 0) is 24.3 Å². The molecule has 9 nitrogen and oxygen atoms in total. The van der Waals surface area contributed by atoms with Gasteiger partial charge in [0.15, 0.2) is 16.9 Å². The summed E-state index contributed by atoms with van der Waals surface area (Å²) in [5.41, 5.74) is 0.583. The van der Waals surface area contributed by atoms with Crippen molar-refractivity contribution in [2.45, 2.75) is 12.6 Å². The molecule has 1 aromatic carbocycles. The first kappa shape index (κ1) is 19.7. The third-order valence-electron chi connectivity index (χ3n) is 4.77. The van der Waals surface area contributed by atoms with Crippen LogP contribution >= 0.6 is 0 Å². The van der Waals surface area contributed by atoms with Gasteiger partial charge in [0.25, 0.3) is 0 Å². The Kier molecular flexibility index (Phi) is 4.43. The molecule has 0 spiro atoms. The molecular weight excluding hydrogens is 427 g/mol. The van der Waals surface area contributed by atoms with Crippen molar-refractivity contribution < 1.29 is 22.5 Å². The highest BCUT2D eigenvalue weighted by atomic mass is 19.4. The molecule has 0 aliphatic heterocycles. The number of carbonyl (C=O) groups is 1. The lowest BCUT2D eigenvalue weighted by atomic mass is 10.1. The number of amides is 1. The van der Waals surface area contributed by atoms with Gasteiger partial charge in [0, 0.05) is 36.0 Å². The molecule has 4 aromatic heterocycles. The van der Waals surface area contributed by atoms with Crippen LogP contribution in [0, 0.1) is 0 Å². The number of fused-ring (bicyclic) bond motifs is 2. The van der Waals surface area contributed by atoms with E-state index in [1.807, 2.05) is 6.07 Å². The average Bonchev–Trinajstić information content (AvgIpc) is 3.43. The molecular formula is C20H14F3N7O2. The van der Waals surface area contributed by atoms with Crippen LogP contribution in [0.1, 0.15) is 11.4 Å². The van der Waals surface area contributed by atoms with Gasteiger partial charge in [-0.25, -0.2) is 4.52 Å². The zero-order valence-electron chi connectivity index (χ0n) is 16.5. The number of rotatable bonds is 4. The molecule has 5 rings (SSSR count). The first-order chi connectivity index (χ1) is 15.3. The van der Waals surface area contributed by atoms with Crippen LogP contribution in [0.15, 0.2) is 53.3 Å². The van der Waals surface area contributed by atoms with Crippen molar-refractivity contribution in [3.05, 3.63) is 60.2 Å². The van der Waals surface area contributed by atoms with Gasteiger partial charge in [-0.2, -0.15) is 23.3 Å². The molecule has 0 saturated carbocycles. The van der Waals surface area contributed by atoms with Crippen LogP contribution in [-0.2, 0) is 24.4 Å². The van der Waals surface area contributed by atoms with Crippen molar-refractivity contribution >= 4 is 28.5 Å². The maximum atomic E-state index is 13.3. The van der Waals surface area contributed by atoms with Gasteiger partial charge in [-0.1, -0.05) is 17.3 Å². The van der Waals surface area contributed by atoms with Crippen molar-refractivity contribution in [3.63, 3.8) is 0 Å². The smallest absolute Gasteiger partial charge is 0.356 e. The average molecular weight is 441 g/mol. The van der Waals surface area contributed by atoms with E-state index in [-0.39, 0.29) is 23.5 Å². The number of alkyl halides is 3. The Labute approximate surface area is 177 Å². The Bertz CT molecular complexity index is 1470. The minimum Gasteiger partial charge on any atom is -0.356 e. The summed E-state index contributed by atoms with van der Waals surface area (Å²) in [5.74, 6) is -0.394. The summed E-state index contributed by atoms with van der Waals surface area (Å²) >= 11 is 0. The van der Waals surface area contributed by atoms with Crippen molar-refractivity contribution in [1.29, 1.82) is 0 Å². The van der Waals surface area contributed by atoms with Crippen LogP contribution in [-0.4, -0.2) is 35.4 Å². The number of carbonyl (C=O) groups excluding carboxylic acids is 1. The number of para-hydroxylation sites is 1. The van der Waals surface area contributed by atoms with Gasteiger partial charge in [-0.3, -0.25) is 14.8 Å². The van der Waals surface area contributed by atoms with Gasteiger partial charge < -0.3 is 4.52 Å². The highest BCUT2D eigenvalue weighted by molar-refractivity contribution is 5.93. The molecule has 0 fully saturated rings. The molecule has 5 aromatic rings. The fourth-order valence-electron chi connectivity index (χ4n) is 3.39. The molecule has 0 atom stereocenters. The summed E-state index contributed by atoms with van der Waals surface area (Å²) in [4.78, 5) is 16.6. The largest absolute Gasteiger partial charge is 0.435 e. The van der Waals surface area contributed by atoms with Crippen LogP contribution < -0.4 is 5.32 Å². The van der Waals surface area contributed by atoms with E-state index in [1.54, 1.807) is 18.2 Å². The van der Waals surface area contributed by atoms with E-state index in [1.165, 1.54) is 36.1 Å². The van der Waals surface area contributed by atoms with E-state index < -0.39 is 17.8 Å². The van der Waals surface area contributed by atoms with E-state index in [0.29, 0.717) is 16.9 Å². The molecule has 0 saturated heterocycles. The third-order valence-corrected chi connectivity index (χ3v) is 4.77. The lowest BCUT2D eigenvalue weighted by molar-refractivity contribution is -0.141. The Hall–Kier alpha value is -4.22. The second-order valence-electron chi connectivity index (χ2n) is 7.07. The number of nitrogens with one attached hydrogen (secondary N) is 1. The second kappa shape index (κ2) is 7.18. The molecule has 1 amide bonds. The normalized spacial score (nSPS) is 12.0. The number of benzene rings is 1. The number of hydrogen-bond acceptors (Lipinski definition) is 6. The van der Waals surface area contributed by atoms with E-state index in [9.17, 15) is 18.0 Å². The fourth-order valence-corrected chi connectivity index (χ4v) is 3.39. The summed E-state index contributed by atoms with van der Waals surface area (Å²) in [6.45, 7) is 0. The number of anilines is 1. The Morgan fingerprint density at radius 2 is 1.94 bits per heavy atom. The van der Waals surface area contributed by atoms with Gasteiger partial charge in [-0.15, -0.1) is 5.10 Å². The number of aryl methyl sites for hydroxylation is 1. The van der Waals surface area contributed by atoms with E-state index in [0.717, 1.165) is 10.1 Å². The zero-order chi connectivity index (χ0) is 22.5. The van der Waals surface area contributed by atoms with Crippen LogP contribution in [0.5, 0.6) is 0 Å². The number of pyridine rings is 1. The maximum Gasteiger partial charge on any atom is 0.435 e. The van der Waals surface area contributed by atoms with Crippen molar-refractivity contribution in [1.82, 2.24) is 29.5 Å². The lowest BCUT2D eigenvalue weighted by Gasteiger charge is -2.06. The first-order valence-electron chi connectivity index (χ1n) is 9.39. The SMILES string of the molecule is Cn1cc(-c2ccc3nc(NC(=O)Cc4noc5ccccc45)nn3c2)c(C(F)(F)F)n1. The van der Waals surface area contributed by atoms with Crippen LogP contribution in [0.4, 0.5) is 19.1 Å². The Balaban J connectivity index is 1.39. The van der Waals surface area contributed by atoms with Crippen molar-refractivity contribution in [2.24, 2.45) is 7.05 Å². The minimum atomic E-state index is -4.60. The molecule has 162 valence electrons. The predicted molar refractivity (Wildman–Crippen MR) is 107 cm³/mol. The van der Waals surface area contributed by atoms with Crippen molar-refractivity contribution in [2.75, 3.05) is 5.32 Å². The second-order valence-corrected chi connectivity index (χ2v) is 7.07. The molecule has 0 radical (unpaired) electrons. The monoisotopic (exact) mass is 441 g/mol. The molecule has 0 aliphatic rings. The summed E-state index contributed by atoms with van der Waals surface area (Å²) < 4.78 is 47.5. The maximum absolute atomic E-state index is 13.3. The van der Waals surface area contributed by atoms with Gasteiger partial charge >= 0.3 is 6.18 Å². The molecule has 32 heavy (non-hydrogen) atoms. The Morgan fingerprint density at radius 1 is 1.12 bits per heavy atom. The molecule has 12 heteroatoms. The van der Waals surface area contributed by atoms with E-state index in [2.05, 4.69) is 25.7 Å². The van der Waals surface area contributed by atoms with Crippen LogP contribution in [0.2, 0.25) is 0 Å².